The number of fused-ring (bicyclic) bond motifs is 1. The van der Waals surface area contributed by atoms with Crippen molar-refractivity contribution in [2.75, 3.05) is 23.8 Å². The van der Waals surface area contributed by atoms with Crippen molar-refractivity contribution in [3.05, 3.63) is 40.9 Å². The fraction of sp³-hybridized carbons (Fsp3) is 0.133. The lowest BCUT2D eigenvalue weighted by Crippen LogP contribution is -2.27. The SMILES string of the molecule is COc1ccc(NS(=O)(=O)c2cc(Br)cc3c2OCC(=O)N3)cc1. The summed E-state index contributed by atoms with van der Waals surface area (Å²) >= 11 is 3.24. The van der Waals surface area contributed by atoms with Crippen LogP contribution in [0.3, 0.4) is 0 Å². The second-order valence-corrected chi connectivity index (χ2v) is 7.52. The van der Waals surface area contributed by atoms with E-state index in [9.17, 15) is 13.2 Å². The van der Waals surface area contributed by atoms with E-state index < -0.39 is 10.0 Å². The predicted molar refractivity (Wildman–Crippen MR) is 92.1 cm³/mol. The van der Waals surface area contributed by atoms with Crippen molar-refractivity contribution in [2.45, 2.75) is 4.90 Å². The van der Waals surface area contributed by atoms with Gasteiger partial charge in [-0.15, -0.1) is 0 Å². The summed E-state index contributed by atoms with van der Waals surface area (Å²) in [6.07, 6.45) is 0. The molecule has 0 aliphatic carbocycles. The zero-order chi connectivity index (χ0) is 17.3. The number of halogens is 1. The number of anilines is 2. The zero-order valence-electron chi connectivity index (χ0n) is 12.5. The average molecular weight is 413 g/mol. The number of hydrogen-bond acceptors (Lipinski definition) is 5. The van der Waals surface area contributed by atoms with Crippen LogP contribution in [0.15, 0.2) is 45.8 Å². The molecule has 9 heteroatoms. The van der Waals surface area contributed by atoms with Gasteiger partial charge in [0.05, 0.1) is 12.8 Å². The monoisotopic (exact) mass is 412 g/mol. The topological polar surface area (TPSA) is 93.7 Å². The molecule has 7 nitrogen and oxygen atoms in total. The van der Waals surface area contributed by atoms with Crippen LogP contribution in [0.1, 0.15) is 0 Å². The number of amides is 1. The fourth-order valence-electron chi connectivity index (χ4n) is 2.20. The van der Waals surface area contributed by atoms with Gasteiger partial charge in [-0.25, -0.2) is 8.42 Å². The molecule has 0 radical (unpaired) electrons. The van der Waals surface area contributed by atoms with Gasteiger partial charge in [-0.3, -0.25) is 9.52 Å². The Morgan fingerprint density at radius 3 is 2.62 bits per heavy atom. The third-order valence-electron chi connectivity index (χ3n) is 3.27. The highest BCUT2D eigenvalue weighted by molar-refractivity contribution is 9.10. The van der Waals surface area contributed by atoms with Crippen LogP contribution < -0.4 is 19.5 Å². The molecule has 24 heavy (non-hydrogen) atoms. The molecule has 1 aliphatic heterocycles. The van der Waals surface area contributed by atoms with E-state index in [0.29, 0.717) is 21.6 Å². The molecule has 3 rings (SSSR count). The summed E-state index contributed by atoms with van der Waals surface area (Å²) in [6, 6.07) is 9.46. The first kappa shape index (κ1) is 16.6. The van der Waals surface area contributed by atoms with Gasteiger partial charge in [0.2, 0.25) is 0 Å². The Balaban J connectivity index is 1.98. The van der Waals surface area contributed by atoms with Crippen LogP contribution in [0.5, 0.6) is 11.5 Å². The Kier molecular flexibility index (Phi) is 4.37. The van der Waals surface area contributed by atoms with Crippen LogP contribution in [0.25, 0.3) is 0 Å². The van der Waals surface area contributed by atoms with E-state index in [1.54, 1.807) is 30.3 Å². The Morgan fingerprint density at radius 2 is 1.96 bits per heavy atom. The molecule has 0 saturated carbocycles. The highest BCUT2D eigenvalue weighted by Gasteiger charge is 2.27. The highest BCUT2D eigenvalue weighted by Crippen LogP contribution is 2.38. The molecular weight excluding hydrogens is 400 g/mol. The maximum Gasteiger partial charge on any atom is 0.265 e. The van der Waals surface area contributed by atoms with Crippen LogP contribution in [-0.4, -0.2) is 28.0 Å². The first-order valence-corrected chi connectivity index (χ1v) is 9.10. The first-order chi connectivity index (χ1) is 11.4. The normalized spacial score (nSPS) is 13.5. The molecule has 0 fully saturated rings. The third-order valence-corrected chi connectivity index (χ3v) is 5.12. The van der Waals surface area contributed by atoms with Crippen molar-refractivity contribution < 1.29 is 22.7 Å². The van der Waals surface area contributed by atoms with Crippen molar-refractivity contribution in [1.29, 1.82) is 0 Å². The Hall–Kier alpha value is -2.26. The molecule has 2 aromatic rings. The fourth-order valence-corrected chi connectivity index (χ4v) is 4.06. The molecule has 2 N–H and O–H groups in total. The minimum atomic E-state index is -3.91. The largest absolute Gasteiger partial charge is 0.497 e. The second kappa shape index (κ2) is 6.33. The molecule has 1 heterocycles. The van der Waals surface area contributed by atoms with Crippen molar-refractivity contribution in [2.24, 2.45) is 0 Å². The molecule has 0 aromatic heterocycles. The molecule has 1 aliphatic rings. The van der Waals surface area contributed by atoms with E-state index in [-0.39, 0.29) is 23.2 Å². The van der Waals surface area contributed by atoms with Gasteiger partial charge in [-0.1, -0.05) is 15.9 Å². The number of nitrogens with one attached hydrogen (secondary N) is 2. The van der Waals surface area contributed by atoms with E-state index in [2.05, 4.69) is 26.0 Å². The van der Waals surface area contributed by atoms with Gasteiger partial charge in [-0.05, 0) is 36.4 Å². The molecule has 0 unspecified atom stereocenters. The number of hydrogen-bond donors (Lipinski definition) is 2. The van der Waals surface area contributed by atoms with E-state index in [0.717, 1.165) is 0 Å². The number of rotatable bonds is 4. The lowest BCUT2D eigenvalue weighted by Gasteiger charge is -2.21. The summed E-state index contributed by atoms with van der Waals surface area (Å²) in [4.78, 5) is 11.4. The summed E-state index contributed by atoms with van der Waals surface area (Å²) in [5.41, 5.74) is 0.681. The van der Waals surface area contributed by atoms with E-state index in [1.165, 1.54) is 13.2 Å². The molecule has 0 saturated heterocycles. The summed E-state index contributed by atoms with van der Waals surface area (Å²) in [6.45, 7) is -0.236. The number of benzene rings is 2. The van der Waals surface area contributed by atoms with Crippen LogP contribution in [0.4, 0.5) is 11.4 Å². The van der Waals surface area contributed by atoms with Gasteiger partial charge in [-0.2, -0.15) is 0 Å². The highest BCUT2D eigenvalue weighted by atomic mass is 79.9. The van der Waals surface area contributed by atoms with Gasteiger partial charge in [0.25, 0.3) is 15.9 Å². The molecule has 0 bridgehead atoms. The van der Waals surface area contributed by atoms with E-state index in [1.807, 2.05) is 0 Å². The van der Waals surface area contributed by atoms with Crippen LogP contribution in [0, 0.1) is 0 Å². The quantitative estimate of drug-likeness (QED) is 0.804. The Bertz CT molecular complexity index is 897. The maximum atomic E-state index is 12.7. The van der Waals surface area contributed by atoms with Crippen LogP contribution in [-0.2, 0) is 14.8 Å². The van der Waals surface area contributed by atoms with E-state index in [4.69, 9.17) is 9.47 Å². The number of methoxy groups -OCH3 is 1. The van der Waals surface area contributed by atoms with E-state index >= 15 is 0 Å². The van der Waals surface area contributed by atoms with Gasteiger partial charge >= 0.3 is 0 Å². The van der Waals surface area contributed by atoms with Crippen LogP contribution in [0.2, 0.25) is 0 Å². The molecule has 0 spiro atoms. The van der Waals surface area contributed by atoms with Crippen LogP contribution >= 0.6 is 15.9 Å². The smallest absolute Gasteiger partial charge is 0.265 e. The first-order valence-electron chi connectivity index (χ1n) is 6.82. The molecule has 126 valence electrons. The number of sulfonamides is 1. The zero-order valence-corrected chi connectivity index (χ0v) is 14.9. The standard InChI is InChI=1S/C15H13BrN2O5S/c1-22-11-4-2-10(3-5-11)18-24(20,21)13-7-9(16)6-12-15(13)23-8-14(19)17-12/h2-7,18H,8H2,1H3,(H,17,19). The predicted octanol–water partition coefficient (Wildman–Crippen LogP) is 2.59. The van der Waals surface area contributed by atoms with Crippen molar-refractivity contribution >= 4 is 43.2 Å². The number of ether oxygens (including phenoxy) is 2. The van der Waals surface area contributed by atoms with Gasteiger partial charge in [0.1, 0.15) is 10.6 Å². The summed E-state index contributed by atoms with van der Waals surface area (Å²) < 4.78 is 38.7. The lowest BCUT2D eigenvalue weighted by molar-refractivity contribution is -0.118. The lowest BCUT2D eigenvalue weighted by atomic mass is 10.2. The second-order valence-electron chi connectivity index (χ2n) is 4.95. The number of carbonyl (C=O) groups is 1. The van der Waals surface area contributed by atoms with Gasteiger partial charge in [0, 0.05) is 10.2 Å². The minimum absolute atomic E-state index is 0.0670. The summed E-state index contributed by atoms with van der Waals surface area (Å²) in [5, 5.41) is 2.59. The Morgan fingerprint density at radius 1 is 1.25 bits per heavy atom. The summed E-state index contributed by atoms with van der Waals surface area (Å²) in [7, 11) is -2.39. The minimum Gasteiger partial charge on any atom is -0.497 e. The van der Waals surface area contributed by atoms with Crippen molar-refractivity contribution in [1.82, 2.24) is 0 Å². The van der Waals surface area contributed by atoms with Gasteiger partial charge in [0.15, 0.2) is 12.4 Å². The Labute approximate surface area is 147 Å². The van der Waals surface area contributed by atoms with Gasteiger partial charge < -0.3 is 14.8 Å². The maximum absolute atomic E-state index is 12.7. The molecular formula is C15H13BrN2O5S. The molecule has 1 amide bonds. The van der Waals surface area contributed by atoms with Crippen molar-refractivity contribution in [3.63, 3.8) is 0 Å². The molecule has 0 atom stereocenters. The average Bonchev–Trinajstić information content (AvgIpc) is 2.54. The summed E-state index contributed by atoms with van der Waals surface area (Å²) in [5.74, 6) is 0.384. The molecule has 2 aromatic carbocycles. The third kappa shape index (κ3) is 3.31. The van der Waals surface area contributed by atoms with Crippen molar-refractivity contribution in [3.8, 4) is 11.5 Å². The number of carbonyl (C=O) groups excluding carboxylic acids is 1.